The smallest absolute Gasteiger partial charge is 0.318 e. The zero-order valence-corrected chi connectivity index (χ0v) is 14.2. The molecule has 2 aromatic heterocycles. The minimum absolute atomic E-state index is 0.0891. The predicted molar refractivity (Wildman–Crippen MR) is 94.8 cm³/mol. The van der Waals surface area contributed by atoms with Crippen molar-refractivity contribution in [3.8, 4) is 11.5 Å². The number of hydrogen-bond acceptors (Lipinski definition) is 5. The number of rotatable bonds is 4. The first-order valence-corrected chi connectivity index (χ1v) is 8.58. The van der Waals surface area contributed by atoms with Crippen molar-refractivity contribution in [2.45, 2.75) is 25.4 Å². The van der Waals surface area contributed by atoms with Gasteiger partial charge < -0.3 is 10.2 Å². The molecule has 1 saturated heterocycles. The molecule has 3 heterocycles. The van der Waals surface area contributed by atoms with Crippen LogP contribution in [0.4, 0.5) is 4.79 Å². The van der Waals surface area contributed by atoms with Crippen LogP contribution >= 0.6 is 0 Å². The van der Waals surface area contributed by atoms with Gasteiger partial charge in [-0.3, -0.25) is 10.1 Å². The van der Waals surface area contributed by atoms with Crippen molar-refractivity contribution < 1.29 is 4.79 Å². The van der Waals surface area contributed by atoms with Crippen molar-refractivity contribution in [2.24, 2.45) is 0 Å². The van der Waals surface area contributed by atoms with Gasteiger partial charge in [-0.25, -0.2) is 14.8 Å². The molecule has 1 aromatic carbocycles. The fourth-order valence-corrected chi connectivity index (χ4v) is 3.12. The number of H-pyrrole nitrogens is 1. The quantitative estimate of drug-likeness (QED) is 0.753. The molecular formula is C18H19N7O. The summed E-state index contributed by atoms with van der Waals surface area (Å²) in [6.45, 7) is 1.20. The lowest BCUT2D eigenvalue weighted by molar-refractivity contribution is 0.190. The first-order valence-electron chi connectivity index (χ1n) is 8.58. The lowest BCUT2D eigenvalue weighted by Gasteiger charge is -2.23. The van der Waals surface area contributed by atoms with Crippen molar-refractivity contribution in [3.05, 3.63) is 60.3 Å². The van der Waals surface area contributed by atoms with Gasteiger partial charge in [-0.15, -0.1) is 0 Å². The van der Waals surface area contributed by atoms with Crippen LogP contribution in [0.1, 0.15) is 30.3 Å². The number of urea groups is 1. The van der Waals surface area contributed by atoms with Gasteiger partial charge in [0.15, 0.2) is 0 Å². The molecule has 1 atom stereocenters. The Morgan fingerprint density at radius 2 is 2.15 bits per heavy atom. The van der Waals surface area contributed by atoms with E-state index >= 15 is 0 Å². The van der Waals surface area contributed by atoms with Gasteiger partial charge in [0.2, 0.25) is 5.82 Å². The van der Waals surface area contributed by atoms with Gasteiger partial charge in [-0.05, 0) is 18.4 Å². The maximum Gasteiger partial charge on any atom is 0.318 e. The number of carbonyl (C=O) groups is 1. The van der Waals surface area contributed by atoms with Gasteiger partial charge in [0.1, 0.15) is 11.5 Å². The third-order valence-corrected chi connectivity index (χ3v) is 4.41. The highest BCUT2D eigenvalue weighted by Gasteiger charge is 2.32. The van der Waals surface area contributed by atoms with Gasteiger partial charge >= 0.3 is 6.03 Å². The molecule has 1 aliphatic rings. The molecule has 4 rings (SSSR count). The maximum absolute atomic E-state index is 12.6. The molecule has 2 amide bonds. The molecule has 3 aromatic rings. The molecule has 2 N–H and O–H groups in total. The summed E-state index contributed by atoms with van der Waals surface area (Å²) >= 11 is 0. The first-order chi connectivity index (χ1) is 12.8. The van der Waals surface area contributed by atoms with Crippen molar-refractivity contribution in [3.63, 3.8) is 0 Å². The van der Waals surface area contributed by atoms with Crippen LogP contribution in [0, 0.1) is 0 Å². The van der Waals surface area contributed by atoms with E-state index in [9.17, 15) is 4.79 Å². The second-order valence-corrected chi connectivity index (χ2v) is 6.13. The highest BCUT2D eigenvalue weighted by molar-refractivity contribution is 5.75. The molecule has 1 fully saturated rings. The van der Waals surface area contributed by atoms with Crippen LogP contribution in [0.3, 0.4) is 0 Å². The van der Waals surface area contributed by atoms with Crippen LogP contribution in [-0.2, 0) is 6.54 Å². The summed E-state index contributed by atoms with van der Waals surface area (Å²) < 4.78 is 0. The van der Waals surface area contributed by atoms with Gasteiger partial charge in [0.25, 0.3) is 0 Å². The Bertz CT molecular complexity index is 866. The summed E-state index contributed by atoms with van der Waals surface area (Å²) in [5.74, 6) is 1.17. The Labute approximate surface area is 150 Å². The number of likely N-dealkylation sites (tertiary alicyclic amines) is 1. The molecule has 0 bridgehead atoms. The van der Waals surface area contributed by atoms with E-state index in [1.165, 1.54) is 0 Å². The number of nitrogens with one attached hydrogen (secondary N) is 2. The second kappa shape index (κ2) is 7.30. The fourth-order valence-electron chi connectivity index (χ4n) is 3.12. The van der Waals surface area contributed by atoms with Gasteiger partial charge in [0.05, 0.1) is 12.2 Å². The van der Waals surface area contributed by atoms with Crippen molar-refractivity contribution in [1.29, 1.82) is 0 Å². The average Bonchev–Trinajstić information content (AvgIpc) is 3.37. The minimum Gasteiger partial charge on any atom is -0.334 e. The molecule has 0 radical (unpaired) electrons. The molecule has 0 unspecified atom stereocenters. The van der Waals surface area contributed by atoms with Gasteiger partial charge in [-0.1, -0.05) is 30.3 Å². The Hall–Kier alpha value is -3.29. The second-order valence-electron chi connectivity index (χ2n) is 6.13. The minimum atomic E-state index is -0.108. The number of amides is 2. The number of aromatic nitrogens is 5. The van der Waals surface area contributed by atoms with Crippen LogP contribution in [-0.4, -0.2) is 42.6 Å². The fraction of sp³-hybridized carbons (Fsp3) is 0.278. The number of hydrogen-bond donors (Lipinski definition) is 2. The Morgan fingerprint density at radius 3 is 2.96 bits per heavy atom. The number of aromatic amines is 1. The first kappa shape index (κ1) is 16.2. The molecule has 1 aliphatic heterocycles. The van der Waals surface area contributed by atoms with Crippen LogP contribution < -0.4 is 5.32 Å². The molecular weight excluding hydrogens is 330 g/mol. The molecule has 0 saturated carbocycles. The SMILES string of the molecule is O=C(NCc1ccccc1)N1CCC[C@H]1c1nc(-c2cnccn2)n[nH]1. The lowest BCUT2D eigenvalue weighted by atomic mass is 10.2. The zero-order valence-electron chi connectivity index (χ0n) is 14.2. The third-order valence-electron chi connectivity index (χ3n) is 4.41. The largest absolute Gasteiger partial charge is 0.334 e. The zero-order chi connectivity index (χ0) is 17.8. The van der Waals surface area contributed by atoms with E-state index in [1.54, 1.807) is 18.6 Å². The van der Waals surface area contributed by atoms with E-state index in [0.29, 0.717) is 30.4 Å². The van der Waals surface area contributed by atoms with E-state index < -0.39 is 0 Å². The Kier molecular flexibility index (Phi) is 4.55. The summed E-state index contributed by atoms with van der Waals surface area (Å²) in [6, 6.07) is 9.67. The normalized spacial score (nSPS) is 16.6. The monoisotopic (exact) mass is 349 g/mol. The van der Waals surface area contributed by atoms with E-state index in [2.05, 4.69) is 30.5 Å². The van der Waals surface area contributed by atoms with E-state index in [0.717, 1.165) is 18.4 Å². The molecule has 0 spiro atoms. The molecule has 8 heteroatoms. The molecule has 0 aliphatic carbocycles. The van der Waals surface area contributed by atoms with Crippen molar-refractivity contribution >= 4 is 6.03 Å². The summed E-state index contributed by atoms with van der Waals surface area (Å²) in [4.78, 5) is 27.2. The predicted octanol–water partition coefficient (Wildman–Crippen LogP) is 2.31. The van der Waals surface area contributed by atoms with Crippen LogP contribution in [0.15, 0.2) is 48.9 Å². The number of carbonyl (C=O) groups excluding carboxylic acids is 1. The topological polar surface area (TPSA) is 99.7 Å². The highest BCUT2D eigenvalue weighted by Crippen LogP contribution is 2.30. The maximum atomic E-state index is 12.6. The molecule has 8 nitrogen and oxygen atoms in total. The van der Waals surface area contributed by atoms with Crippen molar-refractivity contribution in [2.75, 3.05) is 6.54 Å². The Balaban J connectivity index is 1.45. The highest BCUT2D eigenvalue weighted by atomic mass is 16.2. The van der Waals surface area contributed by atoms with Crippen LogP contribution in [0.5, 0.6) is 0 Å². The lowest BCUT2D eigenvalue weighted by Crippen LogP contribution is -2.39. The third kappa shape index (κ3) is 3.39. The number of benzene rings is 1. The van der Waals surface area contributed by atoms with Crippen LogP contribution in [0.25, 0.3) is 11.5 Å². The van der Waals surface area contributed by atoms with Gasteiger partial charge in [0, 0.05) is 25.5 Å². The van der Waals surface area contributed by atoms with E-state index in [-0.39, 0.29) is 12.1 Å². The summed E-state index contributed by atoms with van der Waals surface area (Å²) in [7, 11) is 0. The van der Waals surface area contributed by atoms with E-state index in [4.69, 9.17) is 0 Å². The Morgan fingerprint density at radius 1 is 1.27 bits per heavy atom. The van der Waals surface area contributed by atoms with E-state index in [1.807, 2.05) is 35.2 Å². The summed E-state index contributed by atoms with van der Waals surface area (Å²) in [5.41, 5.74) is 1.68. The summed E-state index contributed by atoms with van der Waals surface area (Å²) in [5, 5.41) is 10.2. The standard InChI is InChI=1S/C18H19N7O/c26-18(21-11-13-5-2-1-3-6-13)25-10-4-7-15(25)17-22-16(23-24-17)14-12-19-8-9-20-14/h1-3,5-6,8-9,12,15H,4,7,10-11H2,(H,21,26)(H,22,23,24)/t15-/m0/s1. The molecule has 26 heavy (non-hydrogen) atoms. The average molecular weight is 349 g/mol. The number of nitrogens with zero attached hydrogens (tertiary/aromatic N) is 5. The summed E-state index contributed by atoms with van der Waals surface area (Å²) in [6.07, 6.45) is 6.61. The van der Waals surface area contributed by atoms with Crippen molar-refractivity contribution in [1.82, 2.24) is 35.4 Å². The molecule has 132 valence electrons. The van der Waals surface area contributed by atoms with Crippen LogP contribution in [0.2, 0.25) is 0 Å². The van der Waals surface area contributed by atoms with Gasteiger partial charge in [-0.2, -0.15) is 5.10 Å².